The van der Waals surface area contributed by atoms with Crippen molar-refractivity contribution in [1.29, 1.82) is 0 Å². The van der Waals surface area contributed by atoms with Gasteiger partial charge in [-0.1, -0.05) is 39.3 Å². The molecule has 2 aliphatic heterocycles. The van der Waals surface area contributed by atoms with Crippen LogP contribution >= 0.6 is 11.6 Å². The van der Waals surface area contributed by atoms with Crippen molar-refractivity contribution in [3.8, 4) is 11.9 Å². The Bertz CT molecular complexity index is 1440. The topological polar surface area (TPSA) is 108 Å². The van der Waals surface area contributed by atoms with E-state index in [1.165, 1.54) is 7.11 Å². The first-order chi connectivity index (χ1) is 21.2. The molecule has 0 saturated carbocycles. The molecular weight excluding hydrogens is 633 g/mol. The van der Waals surface area contributed by atoms with Crippen LogP contribution in [0.15, 0.2) is 0 Å². The van der Waals surface area contributed by atoms with E-state index in [0.717, 1.165) is 12.8 Å². The van der Waals surface area contributed by atoms with Gasteiger partial charge in [0.05, 0.1) is 32.5 Å². The van der Waals surface area contributed by atoms with Crippen LogP contribution in [0.1, 0.15) is 68.2 Å². The molecule has 0 aliphatic carbocycles. The van der Waals surface area contributed by atoms with Crippen LogP contribution in [-0.2, 0) is 13.9 Å². The maximum atomic E-state index is 15.7. The number of fused-ring (bicyclic) bond motifs is 1. The van der Waals surface area contributed by atoms with Gasteiger partial charge < -0.3 is 33.2 Å². The lowest BCUT2D eigenvalue weighted by Crippen LogP contribution is -2.54. The second-order valence-corrected chi connectivity index (χ2v) is 20.8. The molecule has 11 nitrogen and oxygen atoms in total. The molecule has 2 fully saturated rings. The zero-order valence-corrected chi connectivity index (χ0v) is 31.1. The lowest BCUT2D eigenvalue weighted by Gasteiger charge is -2.44. The normalized spacial score (nSPS) is 23.3. The van der Waals surface area contributed by atoms with Crippen molar-refractivity contribution in [3.63, 3.8) is 0 Å². The van der Waals surface area contributed by atoms with Crippen molar-refractivity contribution in [2.75, 3.05) is 58.0 Å². The molecule has 0 aromatic carbocycles. The van der Waals surface area contributed by atoms with Crippen molar-refractivity contribution < 1.29 is 32.6 Å². The van der Waals surface area contributed by atoms with E-state index in [1.807, 2.05) is 39.5 Å². The number of nitrogens with zero attached hydrogens (tertiary/aromatic N) is 5. The standard InChI is InChI=1S/C32H51ClFN5O6Si/c1-29(2,3)44-28(40)39-14-12-13-31(7,17-39)19-43-27-35-23-21(26(41-9)36-24(33)22(23)34)25(37-27)38-15-16-42-20-32(8,18-38)45-46(10,11)30(4,5)6/h12-20H2,1-11H3/t31?,32-/m0/s1. The summed E-state index contributed by atoms with van der Waals surface area (Å²) in [6, 6.07) is -0.0153. The molecule has 4 heterocycles. The SMILES string of the molecule is COc1nc(Cl)c(F)c2nc(OCC3(C)CCCN(C(=O)OC(C)(C)C)C3)nc(N3CCOC[C@@](C)(O[Si](C)(C)C(C)(C)C)C3)c12. The highest BCUT2D eigenvalue weighted by Crippen LogP contribution is 2.42. The van der Waals surface area contributed by atoms with Gasteiger partial charge in [0.25, 0.3) is 0 Å². The second kappa shape index (κ2) is 13.2. The number of carbonyl (C=O) groups is 1. The van der Waals surface area contributed by atoms with E-state index >= 15 is 4.39 Å². The third-order valence-corrected chi connectivity index (χ3v) is 13.8. The van der Waals surface area contributed by atoms with Crippen molar-refractivity contribution in [2.24, 2.45) is 5.41 Å². The molecule has 1 amide bonds. The van der Waals surface area contributed by atoms with Gasteiger partial charge in [0.2, 0.25) is 5.88 Å². The molecule has 2 saturated heterocycles. The van der Waals surface area contributed by atoms with E-state index in [9.17, 15) is 4.79 Å². The van der Waals surface area contributed by atoms with E-state index < -0.39 is 30.8 Å². The number of piperidine rings is 1. The zero-order chi connectivity index (χ0) is 34.3. The molecule has 0 radical (unpaired) electrons. The van der Waals surface area contributed by atoms with Gasteiger partial charge in [-0.2, -0.15) is 15.0 Å². The monoisotopic (exact) mass is 683 g/mol. The summed E-state index contributed by atoms with van der Waals surface area (Å²) in [4.78, 5) is 30.0. The highest BCUT2D eigenvalue weighted by molar-refractivity contribution is 6.74. The lowest BCUT2D eigenvalue weighted by molar-refractivity contribution is -0.00315. The van der Waals surface area contributed by atoms with E-state index in [4.69, 9.17) is 40.0 Å². The Morgan fingerprint density at radius 3 is 2.41 bits per heavy atom. The second-order valence-electron chi connectivity index (χ2n) is 15.7. The maximum absolute atomic E-state index is 15.7. The first-order valence-electron chi connectivity index (χ1n) is 15.9. The minimum atomic E-state index is -2.20. The van der Waals surface area contributed by atoms with E-state index in [0.29, 0.717) is 45.2 Å². The van der Waals surface area contributed by atoms with Crippen molar-refractivity contribution in [3.05, 3.63) is 11.0 Å². The van der Waals surface area contributed by atoms with Gasteiger partial charge in [0.15, 0.2) is 19.3 Å². The molecule has 258 valence electrons. The summed E-state index contributed by atoms with van der Waals surface area (Å²) >= 11 is 6.20. The van der Waals surface area contributed by atoms with Crippen LogP contribution in [0.25, 0.3) is 10.9 Å². The van der Waals surface area contributed by atoms with Gasteiger partial charge in [-0.15, -0.1) is 0 Å². The molecule has 46 heavy (non-hydrogen) atoms. The number of hydrogen-bond donors (Lipinski definition) is 0. The number of amides is 1. The van der Waals surface area contributed by atoms with Crippen LogP contribution in [0.2, 0.25) is 23.3 Å². The molecule has 2 atom stereocenters. The minimum Gasteiger partial charge on any atom is -0.480 e. The number of rotatable bonds is 7. The van der Waals surface area contributed by atoms with Gasteiger partial charge in [-0.05, 0) is 58.7 Å². The van der Waals surface area contributed by atoms with Gasteiger partial charge in [-0.25, -0.2) is 9.18 Å². The Morgan fingerprint density at radius 1 is 1.09 bits per heavy atom. The fraction of sp³-hybridized carbons (Fsp3) is 0.750. The highest BCUT2D eigenvalue weighted by atomic mass is 35.5. The average molecular weight is 684 g/mol. The summed E-state index contributed by atoms with van der Waals surface area (Å²) in [5.41, 5.74) is -1.74. The molecule has 2 aromatic heterocycles. The number of ether oxygens (including phenoxy) is 4. The van der Waals surface area contributed by atoms with Crippen LogP contribution in [0, 0.1) is 11.2 Å². The van der Waals surface area contributed by atoms with Crippen LogP contribution in [0.3, 0.4) is 0 Å². The van der Waals surface area contributed by atoms with Crippen LogP contribution < -0.4 is 14.4 Å². The van der Waals surface area contributed by atoms with Crippen molar-refractivity contribution >= 4 is 42.7 Å². The fourth-order valence-corrected chi connectivity index (χ4v) is 7.50. The number of carbonyl (C=O) groups excluding carboxylic acids is 1. The van der Waals surface area contributed by atoms with E-state index in [-0.39, 0.29) is 45.7 Å². The predicted molar refractivity (Wildman–Crippen MR) is 179 cm³/mol. The maximum Gasteiger partial charge on any atom is 0.410 e. The Morgan fingerprint density at radius 2 is 1.78 bits per heavy atom. The molecule has 14 heteroatoms. The molecular formula is C32H51ClFN5O6Si. The largest absolute Gasteiger partial charge is 0.480 e. The third kappa shape index (κ3) is 8.32. The van der Waals surface area contributed by atoms with Crippen LogP contribution in [0.5, 0.6) is 11.9 Å². The van der Waals surface area contributed by atoms with Crippen LogP contribution in [-0.4, -0.2) is 98.6 Å². The molecule has 4 rings (SSSR count). The van der Waals surface area contributed by atoms with Gasteiger partial charge in [0, 0.05) is 31.6 Å². The molecule has 1 unspecified atom stereocenters. The summed E-state index contributed by atoms with van der Waals surface area (Å²) in [5.74, 6) is -0.302. The number of methoxy groups -OCH3 is 1. The van der Waals surface area contributed by atoms with E-state index in [2.05, 4.69) is 43.8 Å². The van der Waals surface area contributed by atoms with E-state index in [1.54, 1.807) is 4.90 Å². The quantitative estimate of drug-likeness (QED) is 0.227. The summed E-state index contributed by atoms with van der Waals surface area (Å²) in [6.07, 6.45) is 1.25. The first kappa shape index (κ1) is 36.4. The Kier molecular flexibility index (Phi) is 10.4. The third-order valence-electron chi connectivity index (χ3n) is 8.89. The van der Waals surface area contributed by atoms with Crippen LogP contribution in [0.4, 0.5) is 15.0 Å². The number of aromatic nitrogens is 3. The number of hydrogen-bond acceptors (Lipinski definition) is 10. The predicted octanol–water partition coefficient (Wildman–Crippen LogP) is 6.86. The number of pyridine rings is 1. The first-order valence-corrected chi connectivity index (χ1v) is 19.2. The van der Waals surface area contributed by atoms with Crippen molar-refractivity contribution in [2.45, 2.75) is 97.6 Å². The average Bonchev–Trinajstić information content (AvgIpc) is 3.12. The summed E-state index contributed by atoms with van der Waals surface area (Å²) in [6.45, 7) is 23.5. The molecule has 0 N–H and O–H groups in total. The van der Waals surface area contributed by atoms with Gasteiger partial charge >= 0.3 is 12.1 Å². The highest BCUT2D eigenvalue weighted by Gasteiger charge is 2.45. The molecule has 0 spiro atoms. The lowest BCUT2D eigenvalue weighted by atomic mass is 9.83. The zero-order valence-electron chi connectivity index (χ0n) is 29.3. The number of halogens is 2. The fourth-order valence-electron chi connectivity index (χ4n) is 5.67. The number of anilines is 1. The molecule has 2 aromatic rings. The Labute approximate surface area is 278 Å². The molecule has 2 aliphatic rings. The smallest absolute Gasteiger partial charge is 0.410 e. The Balaban J connectivity index is 1.70. The summed E-state index contributed by atoms with van der Waals surface area (Å²) in [7, 11) is -0.754. The minimum absolute atomic E-state index is 0.0153. The summed E-state index contributed by atoms with van der Waals surface area (Å²) < 4.78 is 46.1. The van der Waals surface area contributed by atoms with Gasteiger partial charge in [0.1, 0.15) is 22.3 Å². The van der Waals surface area contributed by atoms with Gasteiger partial charge in [-0.3, -0.25) is 0 Å². The number of likely N-dealkylation sites (tertiary alicyclic amines) is 1. The Hall–Kier alpha value is -2.48. The molecule has 0 bridgehead atoms. The van der Waals surface area contributed by atoms with Crippen molar-refractivity contribution in [1.82, 2.24) is 19.9 Å². The summed E-state index contributed by atoms with van der Waals surface area (Å²) in [5, 5.41) is -0.0948.